The van der Waals surface area contributed by atoms with Gasteiger partial charge in [-0.1, -0.05) is 18.2 Å². The molecule has 8 heteroatoms. The van der Waals surface area contributed by atoms with Gasteiger partial charge in [0.25, 0.3) is 5.52 Å². The molecule has 0 aliphatic heterocycles. The van der Waals surface area contributed by atoms with Crippen LogP contribution < -0.4 is 38.6 Å². The fourth-order valence-electron chi connectivity index (χ4n) is 2.57. The van der Waals surface area contributed by atoms with E-state index < -0.39 is 10.0 Å². The summed E-state index contributed by atoms with van der Waals surface area (Å²) >= 11 is 0. The van der Waals surface area contributed by atoms with Crippen molar-refractivity contribution in [2.75, 3.05) is 16.3 Å². The zero-order valence-electron chi connectivity index (χ0n) is 14.4. The Labute approximate surface area is 170 Å². The van der Waals surface area contributed by atoms with Gasteiger partial charge in [-0.15, -0.1) is 0 Å². The molecule has 26 heavy (non-hydrogen) atoms. The van der Waals surface area contributed by atoms with Gasteiger partial charge in [-0.05, 0) is 31.2 Å². The summed E-state index contributed by atoms with van der Waals surface area (Å²) in [6.07, 6.45) is 4.79. The average molecular weight is 485 g/mol. The summed E-state index contributed by atoms with van der Waals surface area (Å²) in [5.74, 6) is 0.678. The van der Waals surface area contributed by atoms with Gasteiger partial charge in [0.05, 0.1) is 18.0 Å². The van der Waals surface area contributed by atoms with Gasteiger partial charge in [-0.2, -0.15) is 4.57 Å². The lowest BCUT2D eigenvalue weighted by molar-refractivity contribution is -0.674. The van der Waals surface area contributed by atoms with Crippen LogP contribution in [-0.4, -0.2) is 14.7 Å². The molecular formula is C18H20IN3O3S. The van der Waals surface area contributed by atoms with Crippen molar-refractivity contribution < 1.29 is 41.4 Å². The third kappa shape index (κ3) is 4.98. The molecule has 0 aliphatic rings. The van der Waals surface area contributed by atoms with Crippen molar-refractivity contribution >= 4 is 38.6 Å². The highest BCUT2D eigenvalue weighted by atomic mass is 127. The molecule has 1 aromatic heterocycles. The van der Waals surface area contributed by atoms with Crippen LogP contribution in [0, 0.1) is 0 Å². The first kappa shape index (κ1) is 20.2. The SMILES string of the molecule is CC[n+]1c(/C=C/Nc2ccccc2)oc2ccc(NS(C)(=O)=O)cc21.[I-]. The third-order valence-corrected chi connectivity index (χ3v) is 4.21. The fourth-order valence-corrected chi connectivity index (χ4v) is 3.13. The molecule has 2 N–H and O–H groups in total. The van der Waals surface area contributed by atoms with Crippen molar-refractivity contribution in [2.24, 2.45) is 0 Å². The first-order valence-corrected chi connectivity index (χ1v) is 9.78. The third-order valence-electron chi connectivity index (χ3n) is 3.60. The normalized spacial score (nSPS) is 11.5. The quantitative estimate of drug-likeness (QED) is 0.387. The Hall–Kier alpha value is -2.07. The number of nitrogens with one attached hydrogen (secondary N) is 2. The van der Waals surface area contributed by atoms with Crippen LogP contribution in [0.5, 0.6) is 0 Å². The van der Waals surface area contributed by atoms with Crippen molar-refractivity contribution in [3.05, 3.63) is 60.6 Å². The minimum absolute atomic E-state index is 0. The molecule has 0 radical (unpaired) electrons. The summed E-state index contributed by atoms with van der Waals surface area (Å²) in [6.45, 7) is 2.70. The highest BCUT2D eigenvalue weighted by molar-refractivity contribution is 7.92. The standard InChI is InChI=1S/C18H19N3O3S.HI/c1-3-21-16-13-15(20-25(2,22)23)9-10-17(16)24-18(21)11-12-19-14-7-5-4-6-8-14;/h4-13,20H,3H2,1-2H3;1H. The Morgan fingerprint density at radius 2 is 1.85 bits per heavy atom. The molecule has 0 spiro atoms. The van der Waals surface area contributed by atoms with E-state index in [2.05, 4.69) is 10.0 Å². The molecule has 138 valence electrons. The van der Waals surface area contributed by atoms with Crippen molar-refractivity contribution in [3.8, 4) is 0 Å². The zero-order valence-corrected chi connectivity index (χ0v) is 17.4. The van der Waals surface area contributed by atoms with Crippen molar-refractivity contribution in [1.29, 1.82) is 0 Å². The number of aromatic nitrogens is 1. The van der Waals surface area contributed by atoms with E-state index in [0.717, 1.165) is 17.5 Å². The number of aryl methyl sites for hydroxylation is 1. The maximum atomic E-state index is 11.4. The minimum Gasteiger partial charge on any atom is -1.00 e. The molecule has 2 aromatic carbocycles. The monoisotopic (exact) mass is 485 g/mol. The Balaban J connectivity index is 0.00000243. The van der Waals surface area contributed by atoms with Crippen LogP contribution in [0.1, 0.15) is 12.8 Å². The molecule has 3 rings (SSSR count). The lowest BCUT2D eigenvalue weighted by Gasteiger charge is -2.01. The number of hydrogen-bond donors (Lipinski definition) is 2. The van der Waals surface area contributed by atoms with E-state index in [9.17, 15) is 8.42 Å². The van der Waals surface area contributed by atoms with E-state index >= 15 is 0 Å². The predicted octanol–water partition coefficient (Wildman–Crippen LogP) is 0.199. The number of hydrogen-bond acceptors (Lipinski definition) is 4. The van der Waals surface area contributed by atoms with Crippen LogP contribution in [0.4, 0.5) is 11.4 Å². The Bertz CT molecular complexity index is 1010. The molecule has 0 aliphatic carbocycles. The highest BCUT2D eigenvalue weighted by Gasteiger charge is 2.20. The molecule has 0 atom stereocenters. The van der Waals surface area contributed by atoms with Crippen LogP contribution in [0.3, 0.4) is 0 Å². The van der Waals surface area contributed by atoms with E-state index in [0.29, 0.717) is 23.7 Å². The second-order valence-electron chi connectivity index (χ2n) is 5.58. The largest absolute Gasteiger partial charge is 1.00 e. The van der Waals surface area contributed by atoms with Crippen LogP contribution in [0.2, 0.25) is 0 Å². The van der Waals surface area contributed by atoms with E-state index in [1.807, 2.05) is 54.1 Å². The van der Waals surface area contributed by atoms with Crippen molar-refractivity contribution in [1.82, 2.24) is 0 Å². The van der Waals surface area contributed by atoms with Crippen LogP contribution >= 0.6 is 0 Å². The Morgan fingerprint density at radius 3 is 2.50 bits per heavy atom. The molecule has 0 saturated heterocycles. The molecule has 3 aromatic rings. The van der Waals surface area contributed by atoms with Gasteiger partial charge in [0, 0.05) is 18.0 Å². The zero-order chi connectivity index (χ0) is 17.9. The molecular weight excluding hydrogens is 465 g/mol. The van der Waals surface area contributed by atoms with E-state index in [4.69, 9.17) is 4.42 Å². The molecule has 0 bridgehead atoms. The summed E-state index contributed by atoms with van der Waals surface area (Å²) in [5.41, 5.74) is 3.02. The minimum atomic E-state index is -3.32. The summed E-state index contributed by atoms with van der Waals surface area (Å²) in [7, 11) is -3.32. The summed E-state index contributed by atoms with van der Waals surface area (Å²) < 4.78 is 33.2. The summed E-state index contributed by atoms with van der Waals surface area (Å²) in [4.78, 5) is 0. The van der Waals surface area contributed by atoms with E-state index in [-0.39, 0.29) is 24.0 Å². The van der Waals surface area contributed by atoms with Gasteiger partial charge in [-0.3, -0.25) is 4.72 Å². The number of para-hydroxylation sites is 1. The van der Waals surface area contributed by atoms with Crippen LogP contribution in [-0.2, 0) is 16.6 Å². The Morgan fingerprint density at radius 1 is 1.12 bits per heavy atom. The predicted molar refractivity (Wildman–Crippen MR) is 99.6 cm³/mol. The van der Waals surface area contributed by atoms with Gasteiger partial charge < -0.3 is 33.7 Å². The number of fused-ring (bicyclic) bond motifs is 1. The van der Waals surface area contributed by atoms with E-state index in [1.54, 1.807) is 18.2 Å². The first-order chi connectivity index (χ1) is 12.0. The number of benzene rings is 2. The van der Waals surface area contributed by atoms with Crippen LogP contribution in [0.15, 0.2) is 59.1 Å². The lowest BCUT2D eigenvalue weighted by Crippen LogP contribution is -3.00. The summed E-state index contributed by atoms with van der Waals surface area (Å²) in [5, 5.41) is 3.19. The molecule has 1 heterocycles. The maximum absolute atomic E-state index is 11.4. The van der Waals surface area contributed by atoms with Gasteiger partial charge in [0.15, 0.2) is 0 Å². The second kappa shape index (κ2) is 8.54. The Kier molecular flexibility index (Phi) is 6.65. The van der Waals surface area contributed by atoms with Gasteiger partial charge in [0.1, 0.15) is 6.54 Å². The fraction of sp³-hybridized carbons (Fsp3) is 0.167. The number of anilines is 2. The molecule has 0 amide bonds. The number of rotatable bonds is 6. The molecule has 0 fully saturated rings. The van der Waals surface area contributed by atoms with Crippen LogP contribution in [0.25, 0.3) is 17.2 Å². The van der Waals surface area contributed by atoms with E-state index in [1.165, 1.54) is 0 Å². The smallest absolute Gasteiger partial charge is 0.375 e. The van der Waals surface area contributed by atoms with Gasteiger partial charge in [0.2, 0.25) is 15.6 Å². The van der Waals surface area contributed by atoms with Gasteiger partial charge >= 0.3 is 5.89 Å². The number of halogens is 1. The van der Waals surface area contributed by atoms with Crippen molar-refractivity contribution in [2.45, 2.75) is 13.5 Å². The molecule has 6 nitrogen and oxygen atoms in total. The number of oxazole rings is 1. The number of sulfonamides is 1. The molecule has 0 unspecified atom stereocenters. The summed E-state index contributed by atoms with van der Waals surface area (Å²) in [6, 6.07) is 15.0. The maximum Gasteiger partial charge on any atom is 0.375 e. The second-order valence-corrected chi connectivity index (χ2v) is 7.33. The molecule has 0 saturated carbocycles. The van der Waals surface area contributed by atoms with Crippen molar-refractivity contribution in [3.63, 3.8) is 0 Å². The number of nitrogens with zero attached hydrogens (tertiary/aromatic N) is 1. The average Bonchev–Trinajstić information content (AvgIpc) is 2.91. The topological polar surface area (TPSA) is 75.2 Å². The highest BCUT2D eigenvalue weighted by Crippen LogP contribution is 2.20. The first-order valence-electron chi connectivity index (χ1n) is 7.88. The van der Waals surface area contributed by atoms with Gasteiger partial charge in [-0.25, -0.2) is 8.42 Å². The lowest BCUT2D eigenvalue weighted by atomic mass is 10.3.